The summed E-state index contributed by atoms with van der Waals surface area (Å²) in [5.74, 6) is 0.535. The Hall–Kier alpha value is -1.04. The minimum absolute atomic E-state index is 0.206. The van der Waals surface area contributed by atoms with E-state index in [0.29, 0.717) is 12.3 Å². The number of hydrogen-bond acceptors (Lipinski definition) is 3. The minimum Gasteiger partial charge on any atom is -0.462 e. The Labute approximate surface area is 137 Å². The molecule has 22 heavy (non-hydrogen) atoms. The van der Waals surface area contributed by atoms with E-state index in [2.05, 4.69) is 54.5 Å². The van der Waals surface area contributed by atoms with Gasteiger partial charge < -0.3 is 4.74 Å². The fourth-order valence-electron chi connectivity index (χ4n) is 3.45. The third kappa shape index (κ3) is 4.48. The Morgan fingerprint density at radius 1 is 1.00 bits per heavy atom. The monoisotopic (exact) mass is 309 g/mol. The van der Waals surface area contributed by atoms with Crippen LogP contribution in [0.4, 0.5) is 0 Å². The van der Waals surface area contributed by atoms with Gasteiger partial charge in [-0.15, -0.1) is 0 Å². The largest absolute Gasteiger partial charge is 0.462 e. The van der Waals surface area contributed by atoms with Gasteiger partial charge in [-0.3, -0.25) is 4.79 Å². The maximum absolute atomic E-state index is 12.9. The molecule has 0 fully saturated rings. The first kappa shape index (κ1) is 21.0. The molecule has 0 saturated heterocycles. The highest BCUT2D eigenvalue weighted by Crippen LogP contribution is 2.53. The molecular weight excluding hydrogens is 274 g/mol. The number of ether oxygens (including phenoxy) is 1. The second kappa shape index (κ2) is 7.99. The molecule has 0 aromatic carbocycles. The van der Waals surface area contributed by atoms with Crippen molar-refractivity contribution in [2.45, 2.75) is 81.3 Å². The van der Waals surface area contributed by atoms with Crippen LogP contribution in [0.5, 0.6) is 0 Å². The van der Waals surface area contributed by atoms with Crippen molar-refractivity contribution in [2.75, 3.05) is 0 Å². The van der Waals surface area contributed by atoms with Crippen LogP contribution in [0.3, 0.4) is 0 Å². The molecular formula is C19H35NO2. The summed E-state index contributed by atoms with van der Waals surface area (Å²) in [6.45, 7) is 18.4. The van der Waals surface area contributed by atoms with E-state index in [-0.39, 0.29) is 23.9 Å². The van der Waals surface area contributed by atoms with Crippen molar-refractivity contribution in [1.82, 2.24) is 0 Å². The average molecular weight is 309 g/mol. The number of nitriles is 1. The van der Waals surface area contributed by atoms with E-state index in [0.717, 1.165) is 6.42 Å². The standard InChI is InChI=1S/C19H35NO2/c1-13(2)10-18(9,15(5)6)19(12-20,11-14(3)4)17(21)22-16(7)8/h13-16H,10-11H2,1-9H3. The van der Waals surface area contributed by atoms with Crippen LogP contribution in [0.25, 0.3) is 0 Å². The molecule has 0 aromatic heterocycles. The van der Waals surface area contributed by atoms with Crippen molar-refractivity contribution in [2.24, 2.45) is 28.6 Å². The van der Waals surface area contributed by atoms with E-state index in [1.807, 2.05) is 13.8 Å². The summed E-state index contributed by atoms with van der Waals surface area (Å²) < 4.78 is 5.52. The Bertz CT molecular complexity index is 406. The van der Waals surface area contributed by atoms with Crippen molar-refractivity contribution in [3.63, 3.8) is 0 Å². The summed E-state index contributed by atoms with van der Waals surface area (Å²) in [5, 5.41) is 10.1. The molecule has 0 aliphatic carbocycles. The van der Waals surface area contributed by atoms with E-state index in [1.54, 1.807) is 0 Å². The molecule has 0 aromatic rings. The van der Waals surface area contributed by atoms with Crippen molar-refractivity contribution in [3.8, 4) is 6.07 Å². The smallest absolute Gasteiger partial charge is 0.327 e. The van der Waals surface area contributed by atoms with Gasteiger partial charge in [-0.25, -0.2) is 0 Å². The Morgan fingerprint density at radius 2 is 1.45 bits per heavy atom. The lowest BCUT2D eigenvalue weighted by Crippen LogP contribution is -2.51. The van der Waals surface area contributed by atoms with Crippen LogP contribution in [0.15, 0.2) is 0 Å². The highest BCUT2D eigenvalue weighted by molar-refractivity contribution is 5.81. The highest BCUT2D eigenvalue weighted by atomic mass is 16.5. The van der Waals surface area contributed by atoms with Crippen LogP contribution in [0, 0.1) is 39.9 Å². The van der Waals surface area contributed by atoms with Gasteiger partial charge in [0.1, 0.15) is 0 Å². The lowest BCUT2D eigenvalue weighted by molar-refractivity contribution is -0.168. The average Bonchev–Trinajstić information content (AvgIpc) is 2.33. The van der Waals surface area contributed by atoms with E-state index in [4.69, 9.17) is 4.74 Å². The Balaban J connectivity index is 6.10. The van der Waals surface area contributed by atoms with E-state index in [9.17, 15) is 10.1 Å². The molecule has 128 valence electrons. The Kier molecular flexibility index (Phi) is 7.62. The zero-order chi connectivity index (χ0) is 17.7. The summed E-state index contributed by atoms with van der Waals surface area (Å²) in [5.41, 5.74) is -1.50. The van der Waals surface area contributed by atoms with Crippen molar-refractivity contribution >= 4 is 5.97 Å². The quantitative estimate of drug-likeness (QED) is 0.579. The first-order chi connectivity index (χ1) is 9.92. The normalized spacial score (nSPS) is 17.5. The van der Waals surface area contributed by atoms with Crippen molar-refractivity contribution in [1.29, 1.82) is 5.26 Å². The van der Waals surface area contributed by atoms with E-state index < -0.39 is 10.8 Å². The van der Waals surface area contributed by atoms with Crippen LogP contribution in [0.2, 0.25) is 0 Å². The summed E-state index contributed by atoms with van der Waals surface area (Å²) in [6, 6.07) is 2.40. The molecule has 0 bridgehead atoms. The van der Waals surface area contributed by atoms with Crippen molar-refractivity contribution < 1.29 is 9.53 Å². The lowest BCUT2D eigenvalue weighted by Gasteiger charge is -2.47. The fourth-order valence-corrected chi connectivity index (χ4v) is 3.45. The second-order valence-corrected chi connectivity index (χ2v) is 8.24. The van der Waals surface area contributed by atoms with Crippen LogP contribution in [0.1, 0.15) is 75.2 Å². The van der Waals surface area contributed by atoms with E-state index >= 15 is 0 Å². The van der Waals surface area contributed by atoms with Gasteiger partial charge in [0, 0.05) is 0 Å². The van der Waals surface area contributed by atoms with Gasteiger partial charge >= 0.3 is 5.97 Å². The topological polar surface area (TPSA) is 50.1 Å². The van der Waals surface area contributed by atoms with Gasteiger partial charge in [-0.05, 0) is 49.9 Å². The van der Waals surface area contributed by atoms with Crippen LogP contribution < -0.4 is 0 Å². The summed E-state index contributed by atoms with van der Waals surface area (Å²) in [6.07, 6.45) is 1.16. The first-order valence-electron chi connectivity index (χ1n) is 8.55. The Morgan fingerprint density at radius 3 is 1.73 bits per heavy atom. The molecule has 3 nitrogen and oxygen atoms in total. The maximum atomic E-state index is 12.9. The number of carbonyl (C=O) groups is 1. The summed E-state index contributed by atoms with van der Waals surface area (Å²) in [4.78, 5) is 12.9. The molecule has 0 spiro atoms. The third-order valence-electron chi connectivity index (χ3n) is 4.68. The summed E-state index contributed by atoms with van der Waals surface area (Å²) >= 11 is 0. The molecule has 0 heterocycles. The number of nitrogens with zero attached hydrogens (tertiary/aromatic N) is 1. The molecule has 0 saturated carbocycles. The number of hydrogen-bond donors (Lipinski definition) is 0. The first-order valence-corrected chi connectivity index (χ1v) is 8.55. The maximum Gasteiger partial charge on any atom is 0.327 e. The van der Waals surface area contributed by atoms with Gasteiger partial charge in [0.15, 0.2) is 5.41 Å². The van der Waals surface area contributed by atoms with Crippen molar-refractivity contribution in [3.05, 3.63) is 0 Å². The molecule has 3 heteroatoms. The lowest BCUT2D eigenvalue weighted by atomic mass is 9.54. The molecule has 2 unspecified atom stereocenters. The fraction of sp³-hybridized carbons (Fsp3) is 0.895. The highest BCUT2D eigenvalue weighted by Gasteiger charge is 2.57. The number of esters is 1. The van der Waals surface area contributed by atoms with Gasteiger partial charge in [0.05, 0.1) is 12.2 Å². The van der Waals surface area contributed by atoms with Gasteiger partial charge in [-0.2, -0.15) is 5.26 Å². The van der Waals surface area contributed by atoms with Crippen LogP contribution in [-0.2, 0) is 9.53 Å². The molecule has 0 N–H and O–H groups in total. The number of carbonyl (C=O) groups excluding carboxylic acids is 1. The van der Waals surface area contributed by atoms with Gasteiger partial charge in [0.2, 0.25) is 0 Å². The molecule has 0 aliphatic rings. The van der Waals surface area contributed by atoms with Crippen LogP contribution >= 0.6 is 0 Å². The SMILES string of the molecule is CC(C)CC(C#N)(C(=O)OC(C)C)C(C)(CC(C)C)C(C)C. The predicted octanol–water partition coefficient (Wildman–Crippen LogP) is 5.20. The second-order valence-electron chi connectivity index (χ2n) is 8.24. The molecule has 0 amide bonds. The predicted molar refractivity (Wildman–Crippen MR) is 91.1 cm³/mol. The minimum atomic E-state index is -1.09. The zero-order valence-electron chi connectivity index (χ0n) is 16.0. The third-order valence-corrected chi connectivity index (χ3v) is 4.68. The zero-order valence-corrected chi connectivity index (χ0v) is 16.0. The molecule has 2 atom stereocenters. The van der Waals surface area contributed by atoms with E-state index in [1.165, 1.54) is 0 Å². The molecule has 0 aliphatic heterocycles. The molecule has 0 rings (SSSR count). The van der Waals surface area contributed by atoms with Crippen LogP contribution in [-0.4, -0.2) is 12.1 Å². The number of rotatable bonds is 8. The molecule has 0 radical (unpaired) electrons. The van der Waals surface area contributed by atoms with Gasteiger partial charge in [0.25, 0.3) is 0 Å². The van der Waals surface area contributed by atoms with Gasteiger partial charge in [-0.1, -0.05) is 48.5 Å². The summed E-state index contributed by atoms with van der Waals surface area (Å²) in [7, 11) is 0.